The summed E-state index contributed by atoms with van der Waals surface area (Å²) in [6.07, 6.45) is 1.77. The summed E-state index contributed by atoms with van der Waals surface area (Å²) in [7, 11) is 1.69. The Morgan fingerprint density at radius 1 is 1.20 bits per heavy atom. The molecule has 0 spiro atoms. The lowest BCUT2D eigenvalue weighted by Gasteiger charge is -2.34. The van der Waals surface area contributed by atoms with Crippen LogP contribution in [0.5, 0.6) is 5.75 Å². The van der Waals surface area contributed by atoms with Gasteiger partial charge in [-0.2, -0.15) is 0 Å². The molecule has 0 aliphatic carbocycles. The number of anilines is 1. The molecule has 6 nitrogen and oxygen atoms in total. The second-order valence-corrected chi connectivity index (χ2v) is 7.85. The van der Waals surface area contributed by atoms with Crippen LogP contribution in [0.1, 0.15) is 40.0 Å². The van der Waals surface area contributed by atoms with Crippen molar-refractivity contribution in [2.75, 3.05) is 38.2 Å². The van der Waals surface area contributed by atoms with Crippen molar-refractivity contribution in [3.63, 3.8) is 0 Å². The molecular formula is C23H30FN3O3. The van der Waals surface area contributed by atoms with Gasteiger partial charge in [-0.3, -0.25) is 4.79 Å². The Morgan fingerprint density at radius 3 is 2.43 bits per heavy atom. The third-order valence-corrected chi connectivity index (χ3v) is 5.76. The highest BCUT2D eigenvalue weighted by atomic mass is 19.1. The molecule has 1 aliphatic rings. The van der Waals surface area contributed by atoms with E-state index in [-0.39, 0.29) is 24.4 Å². The molecule has 30 heavy (non-hydrogen) atoms. The normalized spacial score (nSPS) is 14.7. The predicted molar refractivity (Wildman–Crippen MR) is 115 cm³/mol. The van der Waals surface area contributed by atoms with Crippen molar-refractivity contribution in [2.45, 2.75) is 39.7 Å². The van der Waals surface area contributed by atoms with Crippen LogP contribution in [0.4, 0.5) is 10.2 Å². The Bertz CT molecular complexity index is 894. The number of aliphatic hydroxyl groups excluding tert-OH is 1. The molecule has 1 aliphatic heterocycles. The molecule has 1 N–H and O–H groups in total. The molecule has 0 atom stereocenters. The van der Waals surface area contributed by atoms with Gasteiger partial charge in [0.2, 0.25) is 0 Å². The van der Waals surface area contributed by atoms with E-state index in [1.165, 1.54) is 17.0 Å². The average molecular weight is 416 g/mol. The molecule has 1 aromatic carbocycles. The van der Waals surface area contributed by atoms with Crippen LogP contribution in [0, 0.1) is 26.6 Å². The monoisotopic (exact) mass is 415 g/mol. The molecule has 3 rings (SSSR count). The maximum Gasteiger partial charge on any atom is 0.255 e. The number of carbonyl (C=O) groups is 1. The lowest BCUT2D eigenvalue weighted by Crippen LogP contribution is -2.39. The second-order valence-electron chi connectivity index (χ2n) is 7.85. The molecule has 1 amide bonds. The standard InChI is InChI=1S/C23H30FN3O3/c1-15-16(2)22(25-17(3)21(15)23(29)26(4)13-14-28)27-11-9-20(10-12-27)30-19-7-5-18(24)6-8-19/h5-8,20,28H,9-14H2,1-4H3. The number of hydrogen-bond donors (Lipinski definition) is 1. The SMILES string of the molecule is Cc1nc(N2CCC(Oc3ccc(F)cc3)CC2)c(C)c(C)c1C(=O)N(C)CCO. The number of aryl methyl sites for hydroxylation is 1. The minimum atomic E-state index is -0.269. The van der Waals surface area contributed by atoms with Crippen molar-refractivity contribution in [2.24, 2.45) is 0 Å². The Labute approximate surface area is 177 Å². The summed E-state index contributed by atoms with van der Waals surface area (Å²) in [5.41, 5.74) is 3.24. The van der Waals surface area contributed by atoms with Gasteiger partial charge in [0.1, 0.15) is 23.5 Å². The fourth-order valence-electron chi connectivity index (χ4n) is 3.88. The molecule has 1 fully saturated rings. The highest BCUT2D eigenvalue weighted by Gasteiger charge is 2.26. The number of benzene rings is 1. The lowest BCUT2D eigenvalue weighted by molar-refractivity contribution is 0.0765. The van der Waals surface area contributed by atoms with Crippen LogP contribution in [0.15, 0.2) is 24.3 Å². The minimum Gasteiger partial charge on any atom is -0.490 e. The molecule has 1 saturated heterocycles. The highest BCUT2D eigenvalue weighted by Crippen LogP contribution is 2.29. The molecule has 162 valence electrons. The summed E-state index contributed by atoms with van der Waals surface area (Å²) in [5.74, 6) is 1.21. The quantitative estimate of drug-likeness (QED) is 0.785. The van der Waals surface area contributed by atoms with Gasteiger partial charge in [-0.25, -0.2) is 9.37 Å². The number of hydrogen-bond acceptors (Lipinski definition) is 5. The van der Waals surface area contributed by atoms with Gasteiger partial charge >= 0.3 is 0 Å². The number of piperidine rings is 1. The van der Waals surface area contributed by atoms with Crippen LogP contribution in [0.2, 0.25) is 0 Å². The van der Waals surface area contributed by atoms with Crippen LogP contribution < -0.4 is 9.64 Å². The van der Waals surface area contributed by atoms with E-state index in [0.717, 1.165) is 42.9 Å². The molecule has 0 bridgehead atoms. The lowest BCUT2D eigenvalue weighted by atomic mass is 10.00. The Kier molecular flexibility index (Phi) is 6.92. The van der Waals surface area contributed by atoms with E-state index in [1.54, 1.807) is 19.2 Å². The summed E-state index contributed by atoms with van der Waals surface area (Å²) in [5, 5.41) is 9.12. The van der Waals surface area contributed by atoms with Gasteiger partial charge in [0.15, 0.2) is 0 Å². The van der Waals surface area contributed by atoms with E-state index < -0.39 is 0 Å². The van der Waals surface area contributed by atoms with E-state index in [0.29, 0.717) is 23.6 Å². The number of nitrogens with zero attached hydrogens (tertiary/aromatic N) is 3. The van der Waals surface area contributed by atoms with Crippen LogP contribution >= 0.6 is 0 Å². The molecule has 2 aromatic rings. The number of likely N-dealkylation sites (N-methyl/N-ethyl adjacent to an activating group) is 1. The first kappa shape index (κ1) is 22.0. The van der Waals surface area contributed by atoms with E-state index in [4.69, 9.17) is 14.8 Å². The number of pyridine rings is 1. The molecule has 0 radical (unpaired) electrons. The number of aliphatic hydroxyl groups is 1. The molecule has 1 aromatic heterocycles. The van der Waals surface area contributed by atoms with Gasteiger partial charge in [0.25, 0.3) is 5.91 Å². The Hall–Kier alpha value is -2.67. The summed E-state index contributed by atoms with van der Waals surface area (Å²) in [6.45, 7) is 7.64. The maximum absolute atomic E-state index is 13.1. The molecule has 0 unspecified atom stereocenters. The molecule has 2 heterocycles. The van der Waals surface area contributed by atoms with Gasteiger partial charge in [0, 0.05) is 39.5 Å². The summed E-state index contributed by atoms with van der Waals surface area (Å²) < 4.78 is 19.1. The van der Waals surface area contributed by atoms with Crippen LogP contribution in [0.3, 0.4) is 0 Å². The molecular weight excluding hydrogens is 385 g/mol. The highest BCUT2D eigenvalue weighted by molar-refractivity contribution is 5.97. The Morgan fingerprint density at radius 2 is 1.83 bits per heavy atom. The van der Waals surface area contributed by atoms with E-state index in [1.807, 2.05) is 20.8 Å². The zero-order valence-corrected chi connectivity index (χ0v) is 18.1. The van der Waals surface area contributed by atoms with Crippen molar-refractivity contribution in [1.29, 1.82) is 0 Å². The van der Waals surface area contributed by atoms with E-state index >= 15 is 0 Å². The van der Waals surface area contributed by atoms with Crippen molar-refractivity contribution >= 4 is 11.7 Å². The van der Waals surface area contributed by atoms with Crippen LogP contribution in [0.25, 0.3) is 0 Å². The minimum absolute atomic E-state index is 0.0697. The molecule has 7 heteroatoms. The zero-order chi connectivity index (χ0) is 21.8. The number of aromatic nitrogens is 1. The average Bonchev–Trinajstić information content (AvgIpc) is 2.73. The number of ether oxygens (including phenoxy) is 1. The van der Waals surface area contributed by atoms with Crippen molar-refractivity contribution < 1.29 is 19.0 Å². The van der Waals surface area contributed by atoms with Gasteiger partial charge in [-0.1, -0.05) is 0 Å². The summed E-state index contributed by atoms with van der Waals surface area (Å²) >= 11 is 0. The van der Waals surface area contributed by atoms with Crippen LogP contribution in [-0.2, 0) is 0 Å². The third-order valence-electron chi connectivity index (χ3n) is 5.76. The van der Waals surface area contributed by atoms with Crippen LogP contribution in [-0.4, -0.2) is 60.3 Å². The largest absolute Gasteiger partial charge is 0.490 e. The van der Waals surface area contributed by atoms with Gasteiger partial charge in [-0.05, 0) is 56.2 Å². The first-order valence-corrected chi connectivity index (χ1v) is 10.3. The summed E-state index contributed by atoms with van der Waals surface area (Å²) in [6, 6.07) is 6.13. The third kappa shape index (κ3) is 4.73. The number of amides is 1. The topological polar surface area (TPSA) is 65.9 Å². The van der Waals surface area contributed by atoms with E-state index in [2.05, 4.69) is 4.90 Å². The predicted octanol–water partition coefficient (Wildman–Crippen LogP) is 3.26. The fraction of sp³-hybridized carbons (Fsp3) is 0.478. The summed E-state index contributed by atoms with van der Waals surface area (Å²) in [4.78, 5) is 21.3. The first-order valence-electron chi connectivity index (χ1n) is 10.3. The van der Waals surface area contributed by atoms with Crippen molar-refractivity contribution in [1.82, 2.24) is 9.88 Å². The van der Waals surface area contributed by atoms with Gasteiger partial charge < -0.3 is 19.6 Å². The number of carbonyl (C=O) groups excluding carboxylic acids is 1. The van der Waals surface area contributed by atoms with Crippen molar-refractivity contribution in [3.05, 3.63) is 52.5 Å². The number of rotatable bonds is 6. The smallest absolute Gasteiger partial charge is 0.255 e. The fourth-order valence-corrected chi connectivity index (χ4v) is 3.88. The van der Waals surface area contributed by atoms with Gasteiger partial charge in [-0.15, -0.1) is 0 Å². The zero-order valence-electron chi connectivity index (χ0n) is 18.1. The van der Waals surface area contributed by atoms with Gasteiger partial charge in [0.05, 0.1) is 17.9 Å². The number of halogens is 1. The molecule has 0 saturated carbocycles. The first-order chi connectivity index (χ1) is 14.3. The maximum atomic E-state index is 13.1. The Balaban J connectivity index is 1.71. The second kappa shape index (κ2) is 9.43. The van der Waals surface area contributed by atoms with E-state index in [9.17, 15) is 9.18 Å². The van der Waals surface area contributed by atoms with Crippen molar-refractivity contribution in [3.8, 4) is 5.75 Å².